The van der Waals surface area contributed by atoms with Crippen LogP contribution in [0.15, 0.2) is 54.6 Å². The fourth-order valence-electron chi connectivity index (χ4n) is 4.40. The maximum Gasteiger partial charge on any atom is 0.321 e. The molecule has 190 valence electrons. The summed E-state index contributed by atoms with van der Waals surface area (Å²) in [6.07, 6.45) is 1.29. The average Bonchev–Trinajstić information content (AvgIpc) is 2.90. The van der Waals surface area contributed by atoms with Gasteiger partial charge in [-0.15, -0.1) is 0 Å². The Balaban J connectivity index is 1.53. The molecule has 0 aromatic heterocycles. The van der Waals surface area contributed by atoms with Gasteiger partial charge in [-0.1, -0.05) is 18.2 Å². The van der Waals surface area contributed by atoms with Crippen LogP contribution in [0.2, 0.25) is 0 Å². The van der Waals surface area contributed by atoms with Gasteiger partial charge in [-0.2, -0.15) is 0 Å². The molecule has 3 N–H and O–H groups in total. The van der Waals surface area contributed by atoms with Crippen LogP contribution in [0.1, 0.15) is 23.2 Å². The third-order valence-electron chi connectivity index (χ3n) is 6.49. The van der Waals surface area contributed by atoms with E-state index in [1.165, 1.54) is 9.80 Å². The largest absolute Gasteiger partial charge is 0.378 e. The number of piperazine rings is 1. The molecule has 2 aliphatic rings. The molecule has 2 atom stereocenters. The lowest BCUT2D eigenvalue weighted by molar-refractivity contribution is -0.133. The fraction of sp³-hybridized carbons (Fsp3) is 0.385. The van der Waals surface area contributed by atoms with Gasteiger partial charge in [-0.3, -0.25) is 14.4 Å². The van der Waals surface area contributed by atoms with Gasteiger partial charge in [0.25, 0.3) is 5.91 Å². The predicted molar refractivity (Wildman–Crippen MR) is 137 cm³/mol. The van der Waals surface area contributed by atoms with Gasteiger partial charge >= 0.3 is 6.03 Å². The van der Waals surface area contributed by atoms with Gasteiger partial charge in [0, 0.05) is 50.7 Å². The van der Waals surface area contributed by atoms with Gasteiger partial charge in [0.2, 0.25) is 11.8 Å². The zero-order valence-corrected chi connectivity index (χ0v) is 20.6. The summed E-state index contributed by atoms with van der Waals surface area (Å²) in [5, 5.41) is 8.39. The summed E-state index contributed by atoms with van der Waals surface area (Å²) in [4.78, 5) is 56.9. The number of nitrogens with one attached hydrogen (secondary N) is 3. The molecular weight excluding hydrogens is 460 g/mol. The minimum absolute atomic E-state index is 0.0142. The second-order valence-corrected chi connectivity index (χ2v) is 9.19. The van der Waals surface area contributed by atoms with Gasteiger partial charge in [-0.05, 0) is 49.2 Å². The highest BCUT2D eigenvalue weighted by atomic mass is 16.2. The van der Waals surface area contributed by atoms with Crippen molar-refractivity contribution in [1.29, 1.82) is 0 Å². The molecule has 2 aromatic rings. The Hall–Kier alpha value is -4.08. The van der Waals surface area contributed by atoms with Crippen molar-refractivity contribution in [3.05, 3.63) is 60.2 Å². The zero-order valence-electron chi connectivity index (χ0n) is 20.6. The molecule has 0 aliphatic carbocycles. The SMILES string of the molecule is CN(C)c1ccc(C(=O)N2CCN(C(=O)Nc3ccccc3)CC2C(=O)NC2CCCNC2=O)cc1. The van der Waals surface area contributed by atoms with Crippen molar-refractivity contribution in [2.24, 2.45) is 0 Å². The number of urea groups is 1. The van der Waals surface area contributed by atoms with E-state index < -0.39 is 18.0 Å². The molecule has 0 saturated carbocycles. The number of hydrogen-bond donors (Lipinski definition) is 3. The Morgan fingerprint density at radius 2 is 1.72 bits per heavy atom. The molecule has 36 heavy (non-hydrogen) atoms. The van der Waals surface area contributed by atoms with Crippen LogP contribution in [0.25, 0.3) is 0 Å². The minimum Gasteiger partial charge on any atom is -0.378 e. The summed E-state index contributed by atoms with van der Waals surface area (Å²) < 4.78 is 0. The lowest BCUT2D eigenvalue weighted by Gasteiger charge is -2.41. The standard InChI is InChI=1S/C26H32N6O4/c1-30(2)20-12-10-18(11-13-20)25(35)32-16-15-31(26(36)28-19-7-4-3-5-8-19)17-22(32)24(34)29-21-9-6-14-27-23(21)33/h3-5,7-8,10-13,21-22H,6,9,14-17H2,1-2H3,(H,27,33)(H,28,36)(H,29,34). The topological polar surface area (TPSA) is 114 Å². The Kier molecular flexibility index (Phi) is 7.72. The van der Waals surface area contributed by atoms with Gasteiger partial charge < -0.3 is 30.7 Å². The highest BCUT2D eigenvalue weighted by Crippen LogP contribution is 2.19. The van der Waals surface area contributed by atoms with E-state index in [0.717, 1.165) is 12.1 Å². The minimum atomic E-state index is -0.934. The number of nitrogens with zero attached hydrogens (tertiary/aromatic N) is 3. The highest BCUT2D eigenvalue weighted by molar-refractivity contribution is 5.99. The van der Waals surface area contributed by atoms with Crippen molar-refractivity contribution in [1.82, 2.24) is 20.4 Å². The quantitative estimate of drug-likeness (QED) is 0.586. The number of anilines is 2. The van der Waals surface area contributed by atoms with Gasteiger partial charge in [0.05, 0.1) is 6.54 Å². The molecule has 10 heteroatoms. The summed E-state index contributed by atoms with van der Waals surface area (Å²) in [5.74, 6) is -0.981. The summed E-state index contributed by atoms with van der Waals surface area (Å²) in [6.45, 7) is 1.05. The first-order chi connectivity index (χ1) is 17.3. The van der Waals surface area contributed by atoms with E-state index in [0.29, 0.717) is 24.2 Å². The Morgan fingerprint density at radius 1 is 1.00 bits per heavy atom. The van der Waals surface area contributed by atoms with Crippen molar-refractivity contribution >= 4 is 35.1 Å². The lowest BCUT2D eigenvalue weighted by Crippen LogP contribution is -2.64. The average molecular weight is 493 g/mol. The predicted octanol–water partition coefficient (Wildman–Crippen LogP) is 1.51. The normalized spacial score (nSPS) is 19.8. The molecule has 2 aromatic carbocycles. The number of benzene rings is 2. The third kappa shape index (κ3) is 5.76. The van der Waals surface area contributed by atoms with Gasteiger partial charge in [-0.25, -0.2) is 4.79 Å². The molecule has 2 heterocycles. The molecule has 2 unspecified atom stereocenters. The van der Waals surface area contributed by atoms with E-state index >= 15 is 0 Å². The van der Waals surface area contributed by atoms with E-state index in [2.05, 4.69) is 16.0 Å². The smallest absolute Gasteiger partial charge is 0.321 e. The molecular formula is C26H32N6O4. The maximum absolute atomic E-state index is 13.5. The monoisotopic (exact) mass is 492 g/mol. The number of hydrogen-bond acceptors (Lipinski definition) is 5. The number of rotatable bonds is 5. The molecule has 2 saturated heterocycles. The second kappa shape index (κ2) is 11.1. The summed E-state index contributed by atoms with van der Waals surface area (Å²) in [5.41, 5.74) is 2.05. The van der Waals surface area contributed by atoms with Crippen molar-refractivity contribution < 1.29 is 19.2 Å². The maximum atomic E-state index is 13.5. The number of carbonyl (C=O) groups excluding carboxylic acids is 4. The number of piperidine rings is 1. The molecule has 2 aliphatic heterocycles. The van der Waals surface area contributed by atoms with E-state index in [4.69, 9.17) is 0 Å². The Bertz CT molecular complexity index is 1110. The fourth-order valence-corrected chi connectivity index (χ4v) is 4.40. The molecule has 2 fully saturated rings. The van der Waals surface area contributed by atoms with E-state index in [1.54, 1.807) is 24.3 Å². The van der Waals surface area contributed by atoms with Crippen molar-refractivity contribution in [3.8, 4) is 0 Å². The van der Waals surface area contributed by atoms with Crippen LogP contribution in [0.3, 0.4) is 0 Å². The van der Waals surface area contributed by atoms with Gasteiger partial charge in [0.1, 0.15) is 12.1 Å². The zero-order chi connectivity index (χ0) is 25.7. The molecule has 4 rings (SSSR count). The third-order valence-corrected chi connectivity index (χ3v) is 6.49. The van der Waals surface area contributed by atoms with Crippen LogP contribution in [0.5, 0.6) is 0 Å². The van der Waals surface area contributed by atoms with Crippen LogP contribution in [-0.2, 0) is 9.59 Å². The lowest BCUT2D eigenvalue weighted by atomic mass is 10.0. The summed E-state index contributed by atoms with van der Waals surface area (Å²) in [6, 6.07) is 14.3. The highest BCUT2D eigenvalue weighted by Gasteiger charge is 2.39. The summed E-state index contributed by atoms with van der Waals surface area (Å²) in [7, 11) is 3.83. The molecule has 0 radical (unpaired) electrons. The first-order valence-electron chi connectivity index (χ1n) is 12.1. The van der Waals surface area contributed by atoms with Crippen molar-refractivity contribution in [2.45, 2.75) is 24.9 Å². The number of para-hydroxylation sites is 1. The first kappa shape index (κ1) is 25.0. The van der Waals surface area contributed by atoms with E-state index in [9.17, 15) is 19.2 Å². The second-order valence-electron chi connectivity index (χ2n) is 9.19. The van der Waals surface area contributed by atoms with Crippen molar-refractivity contribution in [2.75, 3.05) is 50.5 Å². The number of carbonyl (C=O) groups is 4. The Labute approximate surface area is 210 Å². The molecule has 5 amide bonds. The first-order valence-corrected chi connectivity index (χ1v) is 12.1. The molecule has 0 bridgehead atoms. The van der Waals surface area contributed by atoms with Crippen LogP contribution in [-0.4, -0.2) is 85.9 Å². The Morgan fingerprint density at radius 3 is 2.39 bits per heavy atom. The molecule has 0 spiro atoms. The van der Waals surface area contributed by atoms with Crippen LogP contribution in [0.4, 0.5) is 16.2 Å². The van der Waals surface area contributed by atoms with Crippen molar-refractivity contribution in [3.63, 3.8) is 0 Å². The molecule has 10 nitrogen and oxygen atoms in total. The van der Waals surface area contributed by atoms with E-state index in [1.807, 2.05) is 49.3 Å². The van der Waals surface area contributed by atoms with Crippen LogP contribution >= 0.6 is 0 Å². The van der Waals surface area contributed by atoms with Crippen LogP contribution < -0.4 is 20.9 Å². The summed E-state index contributed by atoms with van der Waals surface area (Å²) >= 11 is 0. The van der Waals surface area contributed by atoms with E-state index in [-0.39, 0.29) is 37.5 Å². The van der Waals surface area contributed by atoms with Gasteiger partial charge in [0.15, 0.2) is 0 Å². The van der Waals surface area contributed by atoms with Crippen LogP contribution in [0, 0.1) is 0 Å². The number of amides is 5.